The van der Waals surface area contributed by atoms with Gasteiger partial charge in [0.05, 0.1) is 0 Å². The van der Waals surface area contributed by atoms with Crippen LogP contribution < -0.4 is 5.32 Å². The average molecular weight is 331 g/mol. The maximum absolute atomic E-state index is 12.7. The summed E-state index contributed by atoms with van der Waals surface area (Å²) in [6.07, 6.45) is 0. The molecule has 6 heteroatoms. The van der Waals surface area contributed by atoms with E-state index in [-0.39, 0.29) is 0 Å². The highest BCUT2D eigenvalue weighted by atomic mass is 32.2. The quantitative estimate of drug-likeness (QED) is 0.745. The summed E-state index contributed by atoms with van der Waals surface area (Å²) in [5, 5.41) is 3.33. The first-order chi connectivity index (χ1) is 9.68. The first kappa shape index (κ1) is 18.4. The molecule has 0 atom stereocenters. The van der Waals surface area contributed by atoms with Gasteiger partial charge in [0.2, 0.25) is 0 Å². The van der Waals surface area contributed by atoms with Crippen molar-refractivity contribution in [1.82, 2.24) is 9.62 Å². The van der Waals surface area contributed by atoms with E-state index in [0.29, 0.717) is 29.9 Å². The molecule has 1 aromatic heterocycles. The number of sulfonamides is 1. The predicted molar refractivity (Wildman–Crippen MR) is 90.3 cm³/mol. The van der Waals surface area contributed by atoms with Crippen molar-refractivity contribution in [1.29, 1.82) is 0 Å². The summed E-state index contributed by atoms with van der Waals surface area (Å²) < 4.78 is 27.2. The molecule has 0 unspecified atom stereocenters. The van der Waals surface area contributed by atoms with Gasteiger partial charge in [-0.1, -0.05) is 32.9 Å². The normalized spacial score (nSPS) is 12.3. The van der Waals surface area contributed by atoms with E-state index in [1.165, 1.54) is 15.6 Å². The number of nitrogens with one attached hydrogen (secondary N) is 1. The van der Waals surface area contributed by atoms with Crippen molar-refractivity contribution in [3.8, 4) is 0 Å². The molecule has 21 heavy (non-hydrogen) atoms. The van der Waals surface area contributed by atoms with Crippen molar-refractivity contribution in [2.75, 3.05) is 13.1 Å². The fraction of sp³-hybridized carbons (Fsp3) is 0.600. The topological polar surface area (TPSA) is 49.4 Å². The van der Waals surface area contributed by atoms with Crippen molar-refractivity contribution >= 4 is 21.4 Å². The summed E-state index contributed by atoms with van der Waals surface area (Å²) >= 11 is 1.36. The first-order valence-corrected chi connectivity index (χ1v) is 9.41. The van der Waals surface area contributed by atoms with Crippen LogP contribution in [0.2, 0.25) is 0 Å². The zero-order chi connectivity index (χ0) is 16.2. The molecule has 4 nitrogen and oxygen atoms in total. The van der Waals surface area contributed by atoms with Gasteiger partial charge in [0.25, 0.3) is 10.0 Å². The Kier molecular flexibility index (Phi) is 6.59. The van der Waals surface area contributed by atoms with Gasteiger partial charge < -0.3 is 5.32 Å². The van der Waals surface area contributed by atoms with E-state index in [1.54, 1.807) is 6.07 Å². The van der Waals surface area contributed by atoms with E-state index in [4.69, 9.17) is 0 Å². The molecule has 0 bridgehead atoms. The Morgan fingerprint density at radius 3 is 2.57 bits per heavy atom. The maximum atomic E-state index is 12.7. The van der Waals surface area contributed by atoms with Crippen molar-refractivity contribution in [2.45, 2.75) is 51.4 Å². The van der Waals surface area contributed by atoms with Gasteiger partial charge >= 0.3 is 0 Å². The third-order valence-corrected chi connectivity index (χ3v) is 6.67. The molecule has 1 rings (SSSR count). The van der Waals surface area contributed by atoms with Crippen LogP contribution in [0.1, 0.15) is 38.1 Å². The number of rotatable bonds is 8. The zero-order valence-electron chi connectivity index (χ0n) is 13.6. The fourth-order valence-corrected chi connectivity index (χ4v) is 5.09. The molecule has 0 aliphatic heterocycles. The molecule has 0 radical (unpaired) electrons. The molecule has 1 heterocycles. The van der Waals surface area contributed by atoms with Crippen LogP contribution in [-0.2, 0) is 16.6 Å². The van der Waals surface area contributed by atoms with E-state index in [1.807, 2.05) is 20.8 Å². The molecule has 0 spiro atoms. The summed E-state index contributed by atoms with van der Waals surface area (Å²) in [5.41, 5.74) is 1.87. The minimum atomic E-state index is -3.42. The van der Waals surface area contributed by atoms with Crippen LogP contribution in [0, 0.1) is 6.92 Å². The van der Waals surface area contributed by atoms with E-state index < -0.39 is 10.0 Å². The number of thiophene rings is 1. The smallest absolute Gasteiger partial charge is 0.252 e. The number of hydrogen-bond donors (Lipinski definition) is 1. The van der Waals surface area contributed by atoms with E-state index in [2.05, 4.69) is 25.7 Å². The third-order valence-electron chi connectivity index (χ3n) is 3.06. The minimum absolute atomic E-state index is 0.370. The van der Waals surface area contributed by atoms with Gasteiger partial charge in [0, 0.05) is 30.6 Å². The van der Waals surface area contributed by atoms with Gasteiger partial charge in [0.1, 0.15) is 4.21 Å². The average Bonchev–Trinajstić information content (AvgIpc) is 2.75. The molecule has 0 aromatic carbocycles. The predicted octanol–water partition coefficient (Wildman–Crippen LogP) is 3.14. The Hall–Kier alpha value is -0.690. The molecule has 0 saturated carbocycles. The Balaban J connectivity index is 3.03. The summed E-state index contributed by atoms with van der Waals surface area (Å²) in [6.45, 7) is 15.1. The molecule has 1 aromatic rings. The van der Waals surface area contributed by atoms with Crippen LogP contribution in [0.5, 0.6) is 0 Å². The van der Waals surface area contributed by atoms with Crippen LogP contribution in [0.15, 0.2) is 22.4 Å². The Bertz CT molecular complexity index is 589. The van der Waals surface area contributed by atoms with E-state index in [0.717, 1.165) is 16.0 Å². The molecule has 1 N–H and O–H groups in total. The largest absolute Gasteiger partial charge is 0.310 e. The summed E-state index contributed by atoms with van der Waals surface area (Å²) in [6, 6.07) is 2.15. The lowest BCUT2D eigenvalue weighted by atomic mass is 10.3. The number of aryl methyl sites for hydroxylation is 1. The van der Waals surface area contributed by atoms with Gasteiger partial charge in [-0.2, -0.15) is 4.31 Å². The molecule has 0 aliphatic rings. The summed E-state index contributed by atoms with van der Waals surface area (Å²) in [4.78, 5) is 1.08. The maximum Gasteiger partial charge on any atom is 0.252 e. The fourth-order valence-electron chi connectivity index (χ4n) is 1.88. The van der Waals surface area contributed by atoms with Crippen LogP contribution in [-0.4, -0.2) is 31.9 Å². The Labute approximate surface area is 132 Å². The first-order valence-electron chi connectivity index (χ1n) is 7.15. The highest BCUT2D eigenvalue weighted by Gasteiger charge is 2.25. The van der Waals surface area contributed by atoms with E-state index >= 15 is 0 Å². The number of hydrogen-bond acceptors (Lipinski definition) is 4. The number of nitrogens with zero attached hydrogens (tertiary/aromatic N) is 1. The van der Waals surface area contributed by atoms with Crippen molar-refractivity contribution in [3.05, 3.63) is 28.7 Å². The lowest BCUT2D eigenvalue weighted by Crippen LogP contribution is -2.31. The summed E-state index contributed by atoms with van der Waals surface area (Å²) in [5.74, 6) is 0. The second-order valence-electron chi connectivity index (χ2n) is 5.60. The lowest BCUT2D eigenvalue weighted by molar-refractivity contribution is 0.454. The molecular weight excluding hydrogens is 304 g/mol. The second-order valence-corrected chi connectivity index (χ2v) is 8.90. The van der Waals surface area contributed by atoms with E-state index in [9.17, 15) is 8.42 Å². The van der Waals surface area contributed by atoms with Gasteiger partial charge in [0.15, 0.2) is 0 Å². The van der Waals surface area contributed by atoms with Gasteiger partial charge in [-0.25, -0.2) is 8.42 Å². The van der Waals surface area contributed by atoms with Crippen LogP contribution in [0.25, 0.3) is 0 Å². The van der Waals surface area contributed by atoms with Gasteiger partial charge in [-0.15, -0.1) is 11.3 Å². The highest BCUT2D eigenvalue weighted by Crippen LogP contribution is 2.28. The highest BCUT2D eigenvalue weighted by molar-refractivity contribution is 7.91. The zero-order valence-corrected chi connectivity index (χ0v) is 15.2. The molecule has 120 valence electrons. The molecule has 0 aliphatic carbocycles. The standard InChI is InChI=1S/C15H26N2O2S2/c1-7-17(10-11(2)3)21(18,19)15-8-13(6)14(20-15)9-16-12(4)5/h8,12,16H,2,7,9-10H2,1,3-6H3. The monoisotopic (exact) mass is 330 g/mol. The van der Waals surface area contributed by atoms with Crippen LogP contribution in [0.3, 0.4) is 0 Å². The second kappa shape index (κ2) is 7.54. The van der Waals surface area contributed by atoms with Crippen LogP contribution in [0.4, 0.5) is 0 Å². The Morgan fingerprint density at radius 2 is 2.10 bits per heavy atom. The number of likely N-dealkylation sites (N-methyl/N-ethyl adjacent to an activating group) is 1. The molecular formula is C15H26N2O2S2. The van der Waals surface area contributed by atoms with Crippen LogP contribution >= 0.6 is 11.3 Å². The molecule has 0 fully saturated rings. The van der Waals surface area contributed by atoms with Crippen molar-refractivity contribution < 1.29 is 8.42 Å². The summed E-state index contributed by atoms with van der Waals surface area (Å²) in [7, 11) is -3.42. The molecule has 0 amide bonds. The van der Waals surface area contributed by atoms with Crippen molar-refractivity contribution in [2.24, 2.45) is 0 Å². The Morgan fingerprint density at radius 1 is 1.48 bits per heavy atom. The van der Waals surface area contributed by atoms with Gasteiger partial charge in [-0.05, 0) is 25.5 Å². The SMILES string of the molecule is C=C(C)CN(CC)S(=O)(=O)c1cc(C)c(CNC(C)C)s1. The van der Waals surface area contributed by atoms with Crippen molar-refractivity contribution in [3.63, 3.8) is 0 Å². The minimum Gasteiger partial charge on any atom is -0.310 e. The molecule has 0 saturated heterocycles. The lowest BCUT2D eigenvalue weighted by Gasteiger charge is -2.19. The van der Waals surface area contributed by atoms with Gasteiger partial charge in [-0.3, -0.25) is 0 Å². The third kappa shape index (κ3) is 4.92.